The molecule has 2 aromatic rings. The normalized spacial score (nSPS) is 28.7. The number of benzene rings is 1. The average molecular weight is 365 g/mol. The van der Waals surface area contributed by atoms with E-state index in [9.17, 15) is 14.4 Å². The van der Waals surface area contributed by atoms with Crippen molar-refractivity contribution in [1.82, 2.24) is 4.98 Å². The average Bonchev–Trinajstić information content (AvgIpc) is 3.41. The third kappa shape index (κ3) is 2.17. The van der Waals surface area contributed by atoms with Crippen LogP contribution in [0, 0.1) is 23.7 Å². The van der Waals surface area contributed by atoms with E-state index in [-0.39, 0.29) is 41.4 Å². The van der Waals surface area contributed by atoms with Crippen molar-refractivity contribution in [1.29, 1.82) is 0 Å². The van der Waals surface area contributed by atoms with Gasteiger partial charge in [-0.2, -0.15) is 0 Å². The summed E-state index contributed by atoms with van der Waals surface area (Å²) in [7, 11) is 0. The molecule has 0 spiro atoms. The predicted octanol–water partition coefficient (Wildman–Crippen LogP) is 2.71. The van der Waals surface area contributed by atoms with E-state index in [2.05, 4.69) is 22.5 Å². The molecule has 130 valence electrons. The lowest BCUT2D eigenvalue weighted by atomic mass is 9.85. The van der Waals surface area contributed by atoms with Crippen LogP contribution in [0.2, 0.25) is 0 Å². The molecule has 3 amide bonds. The van der Waals surface area contributed by atoms with E-state index < -0.39 is 0 Å². The number of anilines is 2. The van der Waals surface area contributed by atoms with Crippen LogP contribution in [-0.2, 0) is 9.59 Å². The molecule has 2 aliphatic carbocycles. The summed E-state index contributed by atoms with van der Waals surface area (Å²) in [6.07, 6.45) is 6.68. The summed E-state index contributed by atoms with van der Waals surface area (Å²) < 4.78 is 0. The lowest BCUT2D eigenvalue weighted by Gasteiger charge is -2.17. The number of hydrogen-bond donors (Lipinski definition) is 1. The number of hydrogen-bond acceptors (Lipinski definition) is 5. The van der Waals surface area contributed by atoms with Gasteiger partial charge in [-0.3, -0.25) is 24.6 Å². The van der Waals surface area contributed by atoms with Gasteiger partial charge in [-0.15, -0.1) is 11.3 Å². The van der Waals surface area contributed by atoms with Gasteiger partial charge in [0.2, 0.25) is 11.8 Å². The molecule has 1 aromatic heterocycles. The van der Waals surface area contributed by atoms with Gasteiger partial charge in [0.05, 0.1) is 17.5 Å². The van der Waals surface area contributed by atoms with Crippen molar-refractivity contribution >= 4 is 39.9 Å². The highest BCUT2D eigenvalue weighted by Gasteiger charge is 2.59. The minimum absolute atomic E-state index is 0.114. The molecule has 1 aromatic carbocycles. The molecule has 0 unspecified atom stereocenters. The molecule has 1 aliphatic heterocycles. The van der Waals surface area contributed by atoms with Gasteiger partial charge in [0.1, 0.15) is 0 Å². The number of aromatic nitrogens is 1. The van der Waals surface area contributed by atoms with Crippen LogP contribution in [0.3, 0.4) is 0 Å². The molecule has 1 saturated carbocycles. The highest BCUT2D eigenvalue weighted by atomic mass is 32.1. The topological polar surface area (TPSA) is 79.4 Å². The van der Waals surface area contributed by atoms with Gasteiger partial charge in [0.15, 0.2) is 5.13 Å². The van der Waals surface area contributed by atoms with Gasteiger partial charge in [-0.1, -0.05) is 12.2 Å². The van der Waals surface area contributed by atoms with Crippen LogP contribution >= 0.6 is 11.3 Å². The predicted molar refractivity (Wildman–Crippen MR) is 96.7 cm³/mol. The molecule has 26 heavy (non-hydrogen) atoms. The Hall–Kier alpha value is -2.80. The molecule has 1 saturated heterocycles. The van der Waals surface area contributed by atoms with E-state index in [0.717, 1.165) is 6.42 Å². The van der Waals surface area contributed by atoms with Crippen molar-refractivity contribution in [2.75, 3.05) is 10.2 Å². The minimum Gasteiger partial charge on any atom is -0.298 e. The molecule has 7 heteroatoms. The van der Waals surface area contributed by atoms with Gasteiger partial charge >= 0.3 is 0 Å². The SMILES string of the molecule is O=C(Nc1nccs1)c1ccc(N2C(=O)[C@@H]3[C@H](C2=O)[C@@H]2C=C[C@H]3C2)cc1. The van der Waals surface area contributed by atoms with Gasteiger partial charge in [-0.25, -0.2) is 4.98 Å². The maximum Gasteiger partial charge on any atom is 0.257 e. The first-order chi connectivity index (χ1) is 12.6. The molecule has 3 aliphatic rings. The maximum atomic E-state index is 12.8. The fourth-order valence-electron chi connectivity index (χ4n) is 4.37. The zero-order valence-electron chi connectivity index (χ0n) is 13.7. The van der Waals surface area contributed by atoms with Crippen LogP contribution in [0.25, 0.3) is 0 Å². The Labute approximate surface area is 153 Å². The first-order valence-electron chi connectivity index (χ1n) is 8.50. The van der Waals surface area contributed by atoms with Gasteiger partial charge in [0.25, 0.3) is 5.91 Å². The van der Waals surface area contributed by atoms with Crippen molar-refractivity contribution in [3.63, 3.8) is 0 Å². The summed E-state index contributed by atoms with van der Waals surface area (Å²) in [5.41, 5.74) is 0.976. The number of carbonyl (C=O) groups excluding carboxylic acids is 3. The summed E-state index contributed by atoms with van der Waals surface area (Å²) >= 11 is 1.34. The molecular formula is C19H15N3O3S. The molecule has 1 N–H and O–H groups in total. The molecule has 5 rings (SSSR count). The third-order valence-electron chi connectivity index (χ3n) is 5.51. The molecule has 4 atom stereocenters. The second-order valence-electron chi connectivity index (χ2n) is 6.85. The second kappa shape index (κ2) is 5.60. The maximum absolute atomic E-state index is 12.8. The number of allylic oxidation sites excluding steroid dienone is 2. The summed E-state index contributed by atoms with van der Waals surface area (Å²) in [6.45, 7) is 0. The van der Waals surface area contributed by atoms with E-state index in [4.69, 9.17) is 0 Å². The van der Waals surface area contributed by atoms with Crippen LogP contribution in [0.15, 0.2) is 48.0 Å². The lowest BCUT2D eigenvalue weighted by molar-refractivity contribution is -0.123. The highest BCUT2D eigenvalue weighted by Crippen LogP contribution is 2.53. The molecule has 6 nitrogen and oxygen atoms in total. The Kier molecular flexibility index (Phi) is 3.33. The number of amides is 3. The van der Waals surface area contributed by atoms with Crippen LogP contribution in [-0.4, -0.2) is 22.7 Å². The van der Waals surface area contributed by atoms with Crippen LogP contribution in [0.1, 0.15) is 16.8 Å². The molecule has 0 radical (unpaired) electrons. The quantitative estimate of drug-likeness (QED) is 0.670. The summed E-state index contributed by atoms with van der Waals surface area (Å²) in [5.74, 6) is -0.557. The standard InChI is InChI=1S/C19H15N3O3S/c23-16(21-19-20-7-8-26-19)10-3-5-13(6-4-10)22-17(24)14-11-1-2-12(9-11)15(14)18(22)25/h1-8,11-12,14-15H,9H2,(H,20,21,23)/t11-,12+,14-,15+. The number of thiazole rings is 1. The molecule has 2 bridgehead atoms. The lowest BCUT2D eigenvalue weighted by Crippen LogP contribution is -2.32. The number of imide groups is 1. The van der Waals surface area contributed by atoms with Gasteiger partial charge < -0.3 is 0 Å². The van der Waals surface area contributed by atoms with Crippen molar-refractivity contribution in [3.8, 4) is 0 Å². The summed E-state index contributed by atoms with van der Waals surface area (Å²) in [5, 5.41) is 5.02. The van der Waals surface area contributed by atoms with Gasteiger partial charge in [0, 0.05) is 17.1 Å². The fourth-order valence-corrected chi connectivity index (χ4v) is 4.90. The van der Waals surface area contributed by atoms with E-state index >= 15 is 0 Å². The Balaban J connectivity index is 1.37. The van der Waals surface area contributed by atoms with E-state index in [0.29, 0.717) is 16.4 Å². The van der Waals surface area contributed by atoms with Crippen LogP contribution in [0.4, 0.5) is 10.8 Å². The van der Waals surface area contributed by atoms with Crippen LogP contribution in [0.5, 0.6) is 0 Å². The van der Waals surface area contributed by atoms with Crippen molar-refractivity contribution < 1.29 is 14.4 Å². The number of nitrogens with zero attached hydrogens (tertiary/aromatic N) is 2. The van der Waals surface area contributed by atoms with Crippen molar-refractivity contribution in [2.24, 2.45) is 23.7 Å². The molecule has 2 fully saturated rings. The number of rotatable bonds is 3. The van der Waals surface area contributed by atoms with Gasteiger partial charge in [-0.05, 0) is 42.5 Å². The third-order valence-corrected chi connectivity index (χ3v) is 6.20. The first kappa shape index (κ1) is 15.5. The van der Waals surface area contributed by atoms with E-state index in [1.54, 1.807) is 35.8 Å². The smallest absolute Gasteiger partial charge is 0.257 e. The Morgan fingerprint density at radius 1 is 1.08 bits per heavy atom. The Morgan fingerprint density at radius 2 is 1.73 bits per heavy atom. The van der Waals surface area contributed by atoms with E-state index in [1.165, 1.54) is 16.2 Å². The Bertz CT molecular complexity index is 905. The van der Waals surface area contributed by atoms with Crippen LogP contribution < -0.4 is 10.2 Å². The fraction of sp³-hybridized carbons (Fsp3) is 0.263. The second-order valence-corrected chi connectivity index (χ2v) is 7.74. The van der Waals surface area contributed by atoms with Crippen molar-refractivity contribution in [3.05, 3.63) is 53.6 Å². The monoisotopic (exact) mass is 365 g/mol. The summed E-state index contributed by atoms with van der Waals surface area (Å²) in [4.78, 5) is 43.1. The number of fused-ring (bicyclic) bond motifs is 5. The summed E-state index contributed by atoms with van der Waals surface area (Å²) in [6, 6.07) is 6.56. The van der Waals surface area contributed by atoms with Crippen molar-refractivity contribution in [2.45, 2.75) is 6.42 Å². The zero-order chi connectivity index (χ0) is 17.8. The first-order valence-corrected chi connectivity index (χ1v) is 9.38. The minimum atomic E-state index is -0.273. The Morgan fingerprint density at radius 3 is 2.31 bits per heavy atom. The number of nitrogens with one attached hydrogen (secondary N) is 1. The largest absolute Gasteiger partial charge is 0.298 e. The molecule has 2 heterocycles. The van der Waals surface area contributed by atoms with E-state index in [1.807, 2.05) is 0 Å². The number of carbonyl (C=O) groups is 3. The zero-order valence-corrected chi connectivity index (χ0v) is 14.5. The highest BCUT2D eigenvalue weighted by molar-refractivity contribution is 7.13. The molecular weight excluding hydrogens is 350 g/mol.